The van der Waals surface area contributed by atoms with Crippen LogP contribution in [0, 0.1) is 6.92 Å². The molecule has 2 N–H and O–H groups in total. The summed E-state index contributed by atoms with van der Waals surface area (Å²) in [6.07, 6.45) is 3.31. The van der Waals surface area contributed by atoms with E-state index >= 15 is 0 Å². The first-order valence-corrected chi connectivity index (χ1v) is 7.56. The zero-order valence-corrected chi connectivity index (χ0v) is 13.7. The first kappa shape index (κ1) is 16.7. The molecule has 128 valence electrons. The normalized spacial score (nSPS) is 11.0. The molecule has 8 heteroatoms. The molecule has 3 rings (SSSR count). The smallest absolute Gasteiger partial charge is 0.325 e. The molecule has 3 aromatic rings. The lowest BCUT2D eigenvalue weighted by molar-refractivity contribution is -0.137. The van der Waals surface area contributed by atoms with E-state index in [2.05, 4.69) is 15.1 Å². The Kier molecular flexibility index (Phi) is 4.28. The van der Waals surface area contributed by atoms with Crippen molar-refractivity contribution in [1.82, 2.24) is 19.7 Å². The van der Waals surface area contributed by atoms with Crippen LogP contribution in [0.3, 0.4) is 0 Å². The Morgan fingerprint density at radius 1 is 1.16 bits per heavy atom. The number of aliphatic hydroxyl groups excluding tert-OH is 1. The summed E-state index contributed by atoms with van der Waals surface area (Å²) in [5.74, 6) is -0.736. The van der Waals surface area contributed by atoms with Crippen LogP contribution in [0.1, 0.15) is 28.8 Å². The number of carboxylic acid groups (broad SMARTS) is 1. The quantitative estimate of drug-likeness (QED) is 0.677. The van der Waals surface area contributed by atoms with Crippen molar-refractivity contribution in [3.8, 4) is 11.1 Å². The molecule has 0 spiro atoms. The van der Waals surface area contributed by atoms with Crippen molar-refractivity contribution in [3.63, 3.8) is 0 Å². The second kappa shape index (κ2) is 6.40. The van der Waals surface area contributed by atoms with Gasteiger partial charge in [-0.3, -0.25) is 14.3 Å². The number of carboxylic acids is 1. The summed E-state index contributed by atoms with van der Waals surface area (Å²) in [7, 11) is 0. The minimum atomic E-state index is -1.08. The van der Waals surface area contributed by atoms with Gasteiger partial charge < -0.3 is 10.2 Å². The molecule has 0 unspecified atom stereocenters. The van der Waals surface area contributed by atoms with Crippen LogP contribution in [-0.2, 0) is 17.9 Å². The van der Waals surface area contributed by atoms with Gasteiger partial charge in [0.15, 0.2) is 5.78 Å². The number of fused-ring (bicyclic) bond motifs is 1. The maximum atomic E-state index is 11.9. The summed E-state index contributed by atoms with van der Waals surface area (Å²) in [5.41, 5.74) is 2.53. The fourth-order valence-electron chi connectivity index (χ4n) is 2.74. The zero-order chi connectivity index (χ0) is 18.1. The molecule has 0 fully saturated rings. The van der Waals surface area contributed by atoms with Gasteiger partial charge in [-0.05, 0) is 24.6 Å². The molecule has 25 heavy (non-hydrogen) atoms. The topological polar surface area (TPSA) is 118 Å². The number of nitrogens with zero attached hydrogens (tertiary/aromatic N) is 4. The number of hydrogen-bond acceptors (Lipinski definition) is 6. The Balaban J connectivity index is 2.30. The highest BCUT2D eigenvalue weighted by Crippen LogP contribution is 2.30. The Bertz CT molecular complexity index is 976. The second-order valence-electron chi connectivity index (χ2n) is 5.66. The fourth-order valence-corrected chi connectivity index (χ4v) is 2.74. The van der Waals surface area contributed by atoms with Crippen LogP contribution in [0.5, 0.6) is 0 Å². The predicted molar refractivity (Wildman–Crippen MR) is 89.1 cm³/mol. The van der Waals surface area contributed by atoms with Crippen LogP contribution in [0.25, 0.3) is 22.0 Å². The van der Waals surface area contributed by atoms with E-state index in [-0.39, 0.29) is 18.1 Å². The standard InChI is InChI=1S/C17H16N4O4/c1-9(23)16-14-4-11(13-5-18-10(2)19-6-13)3-12(8-22)17(14)21(20-16)7-15(24)25/h3-6,22H,7-8H2,1-2H3,(H,24,25). The molecule has 0 aliphatic carbocycles. The van der Waals surface area contributed by atoms with Gasteiger partial charge in [0.25, 0.3) is 0 Å². The minimum Gasteiger partial charge on any atom is -0.480 e. The summed E-state index contributed by atoms with van der Waals surface area (Å²) in [4.78, 5) is 31.3. The molecule has 1 aromatic carbocycles. The molecule has 8 nitrogen and oxygen atoms in total. The van der Waals surface area contributed by atoms with Gasteiger partial charge in [-0.1, -0.05) is 0 Å². The third-order valence-corrected chi connectivity index (χ3v) is 3.83. The number of carbonyl (C=O) groups is 2. The first-order valence-electron chi connectivity index (χ1n) is 7.56. The Hall–Kier alpha value is -3.13. The molecule has 2 heterocycles. The maximum absolute atomic E-state index is 11.9. The molecule has 2 aromatic heterocycles. The molecule has 0 amide bonds. The molecule has 0 saturated carbocycles. The second-order valence-corrected chi connectivity index (χ2v) is 5.66. The SMILES string of the molecule is CC(=O)c1nn(CC(=O)O)c2c(CO)cc(-c3cnc(C)nc3)cc12. The Morgan fingerprint density at radius 3 is 2.40 bits per heavy atom. The molecule has 0 bridgehead atoms. The fraction of sp³-hybridized carbons (Fsp3) is 0.235. The lowest BCUT2D eigenvalue weighted by atomic mass is 10.0. The van der Waals surface area contributed by atoms with Crippen LogP contribution in [0.4, 0.5) is 0 Å². The van der Waals surface area contributed by atoms with Crippen molar-refractivity contribution in [2.75, 3.05) is 0 Å². The third-order valence-electron chi connectivity index (χ3n) is 3.83. The van der Waals surface area contributed by atoms with Crippen molar-refractivity contribution in [3.05, 3.63) is 41.6 Å². The van der Waals surface area contributed by atoms with Crippen LogP contribution >= 0.6 is 0 Å². The number of hydrogen-bond donors (Lipinski definition) is 2. The van der Waals surface area contributed by atoms with Crippen molar-refractivity contribution in [1.29, 1.82) is 0 Å². The maximum Gasteiger partial charge on any atom is 0.325 e. The molecule has 0 aliphatic heterocycles. The number of benzene rings is 1. The van der Waals surface area contributed by atoms with Crippen molar-refractivity contribution in [2.24, 2.45) is 0 Å². The van der Waals surface area contributed by atoms with Crippen LogP contribution in [0.2, 0.25) is 0 Å². The molecular formula is C17H16N4O4. The number of aromatic nitrogens is 4. The van der Waals surface area contributed by atoms with Crippen LogP contribution in [-0.4, -0.2) is 41.7 Å². The molecule has 0 atom stereocenters. The van der Waals surface area contributed by atoms with E-state index in [0.29, 0.717) is 27.9 Å². The Labute approximate surface area is 142 Å². The largest absolute Gasteiger partial charge is 0.480 e. The summed E-state index contributed by atoms with van der Waals surface area (Å²) in [6.45, 7) is 2.42. The summed E-state index contributed by atoms with van der Waals surface area (Å²) < 4.78 is 1.23. The average Bonchev–Trinajstić information content (AvgIpc) is 2.93. The van der Waals surface area contributed by atoms with Crippen LogP contribution in [0.15, 0.2) is 24.5 Å². The van der Waals surface area contributed by atoms with Crippen molar-refractivity contribution >= 4 is 22.7 Å². The molecule has 0 saturated heterocycles. The highest BCUT2D eigenvalue weighted by molar-refractivity contribution is 6.06. The van der Waals surface area contributed by atoms with E-state index in [1.165, 1.54) is 11.6 Å². The van der Waals surface area contributed by atoms with Crippen LogP contribution < -0.4 is 0 Å². The van der Waals surface area contributed by atoms with Gasteiger partial charge >= 0.3 is 5.97 Å². The number of aliphatic carboxylic acids is 1. The molecule has 0 aliphatic rings. The number of Topliss-reactive ketones (excluding diaryl/α,β-unsaturated/α-hetero) is 1. The zero-order valence-electron chi connectivity index (χ0n) is 13.7. The number of rotatable bonds is 5. The van der Waals surface area contributed by atoms with Gasteiger partial charge in [0.2, 0.25) is 0 Å². The van der Waals surface area contributed by atoms with E-state index in [1.54, 1.807) is 31.5 Å². The summed E-state index contributed by atoms with van der Waals surface area (Å²) in [6, 6.07) is 3.46. The van der Waals surface area contributed by atoms with Crippen molar-refractivity contribution in [2.45, 2.75) is 27.0 Å². The summed E-state index contributed by atoms with van der Waals surface area (Å²) in [5, 5.41) is 23.5. The molecular weight excluding hydrogens is 324 g/mol. The van der Waals surface area contributed by atoms with E-state index in [1.807, 2.05) is 0 Å². The minimum absolute atomic E-state index is 0.167. The highest BCUT2D eigenvalue weighted by Gasteiger charge is 2.20. The highest BCUT2D eigenvalue weighted by atomic mass is 16.4. The van der Waals surface area contributed by atoms with Gasteiger partial charge in [0.1, 0.15) is 18.1 Å². The van der Waals surface area contributed by atoms with Gasteiger partial charge in [-0.15, -0.1) is 0 Å². The monoisotopic (exact) mass is 340 g/mol. The lowest BCUT2D eigenvalue weighted by Crippen LogP contribution is -2.11. The third kappa shape index (κ3) is 3.11. The van der Waals surface area contributed by atoms with Gasteiger partial charge in [-0.2, -0.15) is 5.10 Å². The van der Waals surface area contributed by atoms with E-state index < -0.39 is 12.5 Å². The van der Waals surface area contributed by atoms with Gasteiger partial charge in [0.05, 0.1) is 12.1 Å². The number of ketones is 1. The predicted octanol–water partition coefficient (Wildman–Crippen LogP) is 1.58. The average molecular weight is 340 g/mol. The molecule has 0 radical (unpaired) electrons. The van der Waals surface area contributed by atoms with E-state index in [4.69, 9.17) is 5.11 Å². The number of aryl methyl sites for hydroxylation is 1. The van der Waals surface area contributed by atoms with Gasteiger partial charge in [-0.25, -0.2) is 9.97 Å². The number of aliphatic hydroxyl groups is 1. The first-order chi connectivity index (χ1) is 11.9. The Morgan fingerprint density at radius 2 is 1.84 bits per heavy atom. The summed E-state index contributed by atoms with van der Waals surface area (Å²) >= 11 is 0. The van der Waals surface area contributed by atoms with E-state index in [0.717, 1.165) is 5.56 Å². The van der Waals surface area contributed by atoms with E-state index in [9.17, 15) is 14.7 Å². The van der Waals surface area contributed by atoms with Crippen molar-refractivity contribution < 1.29 is 19.8 Å². The van der Waals surface area contributed by atoms with Gasteiger partial charge in [0, 0.05) is 35.8 Å². The lowest BCUT2D eigenvalue weighted by Gasteiger charge is -2.08. The number of carbonyl (C=O) groups excluding carboxylic acids is 1.